The first-order valence-corrected chi connectivity index (χ1v) is 7.62. The van der Waals surface area contributed by atoms with Gasteiger partial charge >= 0.3 is 6.09 Å². The fourth-order valence-electron chi connectivity index (χ4n) is 6.89. The van der Waals surface area contributed by atoms with E-state index in [2.05, 4.69) is 5.73 Å². The molecule has 7 rings (SSSR count). The van der Waals surface area contributed by atoms with Crippen LogP contribution < -0.4 is 5.73 Å². The summed E-state index contributed by atoms with van der Waals surface area (Å²) in [5.74, 6) is 9.74. The van der Waals surface area contributed by atoms with Crippen LogP contribution in [0.15, 0.2) is 0 Å². The third kappa shape index (κ3) is 1.39. The number of primary amides is 1. The average Bonchev–Trinajstić information content (AvgIpc) is 2.34. The van der Waals surface area contributed by atoms with E-state index in [-0.39, 0.29) is 0 Å². The van der Waals surface area contributed by atoms with Crippen LogP contribution in [0.4, 0.5) is 4.79 Å². The largest absolute Gasteiger partial charge is 0.465 e. The summed E-state index contributed by atoms with van der Waals surface area (Å²) in [6.07, 6.45) is 8.59. The van der Waals surface area contributed by atoms with E-state index in [4.69, 9.17) is 9.90 Å². The summed E-state index contributed by atoms with van der Waals surface area (Å²) in [7, 11) is 0. The number of rotatable bonds is 0. The van der Waals surface area contributed by atoms with Crippen molar-refractivity contribution in [2.24, 2.45) is 53.1 Å². The molecular weight excluding hydrogens is 226 g/mol. The molecule has 0 aromatic rings. The van der Waals surface area contributed by atoms with Crippen LogP contribution in [0.2, 0.25) is 0 Å². The second-order valence-electron chi connectivity index (χ2n) is 7.47. The molecule has 7 aliphatic carbocycles. The molecule has 0 aromatic carbocycles. The van der Waals surface area contributed by atoms with E-state index < -0.39 is 6.09 Å². The molecule has 3 nitrogen and oxygen atoms in total. The standard InChI is InChI=1S/C14H20.CH3NO2/c1-7-2-12-10-4-8-5-11(9(1)10)13(3-7)14(12)6-8;2-1(3)4/h7-14H,1-6H2;2H2,(H,3,4). The zero-order chi connectivity index (χ0) is 12.4. The molecule has 3 N–H and O–H groups in total. The van der Waals surface area contributed by atoms with Gasteiger partial charge in [0.05, 0.1) is 0 Å². The number of amides is 1. The molecule has 0 unspecified atom stereocenters. The van der Waals surface area contributed by atoms with E-state index in [0.29, 0.717) is 0 Å². The fraction of sp³-hybridized carbons (Fsp3) is 0.933. The van der Waals surface area contributed by atoms with Crippen LogP contribution in [0.5, 0.6) is 0 Å². The summed E-state index contributed by atoms with van der Waals surface area (Å²) >= 11 is 0. The summed E-state index contributed by atoms with van der Waals surface area (Å²) in [5, 5.41) is 7.19. The molecular formula is C15H23NO2. The third-order valence-electron chi connectivity index (χ3n) is 6.93. The molecule has 0 radical (unpaired) electrons. The van der Waals surface area contributed by atoms with E-state index in [9.17, 15) is 0 Å². The lowest BCUT2D eigenvalue weighted by molar-refractivity contribution is -0.202. The molecule has 7 saturated carbocycles. The molecule has 7 aliphatic rings. The van der Waals surface area contributed by atoms with Gasteiger partial charge in [-0.15, -0.1) is 0 Å². The van der Waals surface area contributed by atoms with Gasteiger partial charge in [-0.2, -0.15) is 0 Å². The Balaban J connectivity index is 0.000000198. The first kappa shape index (κ1) is 11.1. The smallest absolute Gasteiger partial charge is 0.402 e. The Labute approximate surface area is 108 Å². The van der Waals surface area contributed by atoms with E-state index in [1.807, 2.05) is 0 Å². The monoisotopic (exact) mass is 249 g/mol. The lowest BCUT2D eigenvalue weighted by atomic mass is 9.36. The minimum absolute atomic E-state index is 1.19. The van der Waals surface area contributed by atoms with Crippen molar-refractivity contribution in [2.45, 2.75) is 38.5 Å². The molecule has 0 aromatic heterocycles. The van der Waals surface area contributed by atoms with Crippen molar-refractivity contribution in [1.82, 2.24) is 0 Å². The molecule has 0 spiro atoms. The van der Waals surface area contributed by atoms with Gasteiger partial charge in [0, 0.05) is 0 Å². The van der Waals surface area contributed by atoms with Gasteiger partial charge in [-0.05, 0) is 85.9 Å². The highest BCUT2D eigenvalue weighted by Gasteiger charge is 2.63. The lowest BCUT2D eigenvalue weighted by Gasteiger charge is -2.69. The maximum Gasteiger partial charge on any atom is 0.402 e. The van der Waals surface area contributed by atoms with Crippen LogP contribution in [-0.4, -0.2) is 11.2 Å². The summed E-state index contributed by atoms with van der Waals surface area (Å²) < 4.78 is 0. The minimum atomic E-state index is -1.33. The summed E-state index contributed by atoms with van der Waals surface area (Å²) in [5.41, 5.74) is 4.03. The topological polar surface area (TPSA) is 63.3 Å². The summed E-state index contributed by atoms with van der Waals surface area (Å²) in [6, 6.07) is 0. The van der Waals surface area contributed by atoms with Crippen molar-refractivity contribution in [2.75, 3.05) is 0 Å². The first-order chi connectivity index (χ1) is 8.63. The van der Waals surface area contributed by atoms with Crippen molar-refractivity contribution >= 4 is 6.09 Å². The zero-order valence-corrected chi connectivity index (χ0v) is 10.8. The maximum atomic E-state index is 8.78. The third-order valence-corrected chi connectivity index (χ3v) is 6.93. The average molecular weight is 249 g/mol. The van der Waals surface area contributed by atoms with Crippen molar-refractivity contribution in [3.05, 3.63) is 0 Å². The van der Waals surface area contributed by atoms with E-state index in [0.717, 1.165) is 0 Å². The highest BCUT2D eigenvalue weighted by atomic mass is 16.4. The highest BCUT2D eigenvalue weighted by Crippen LogP contribution is 2.71. The Morgan fingerprint density at radius 2 is 0.889 bits per heavy atom. The molecule has 3 heteroatoms. The Morgan fingerprint density at radius 1 is 0.722 bits per heavy atom. The Hall–Kier alpha value is -0.730. The van der Waals surface area contributed by atoms with E-state index in [1.54, 1.807) is 38.5 Å². The maximum absolute atomic E-state index is 8.78. The summed E-state index contributed by atoms with van der Waals surface area (Å²) in [6.45, 7) is 0. The van der Waals surface area contributed by atoms with Crippen LogP contribution in [0.3, 0.4) is 0 Å². The zero-order valence-electron chi connectivity index (χ0n) is 10.8. The van der Waals surface area contributed by atoms with Gasteiger partial charge in [-0.25, -0.2) is 4.79 Å². The van der Waals surface area contributed by atoms with Gasteiger partial charge in [0.1, 0.15) is 0 Å². The summed E-state index contributed by atoms with van der Waals surface area (Å²) in [4.78, 5) is 8.78. The number of hydrogen-bond donors (Lipinski definition) is 2. The van der Waals surface area contributed by atoms with Crippen LogP contribution >= 0.6 is 0 Å². The van der Waals surface area contributed by atoms with Gasteiger partial charge in [-0.3, -0.25) is 0 Å². The highest BCUT2D eigenvalue weighted by molar-refractivity contribution is 5.61. The fourth-order valence-corrected chi connectivity index (χ4v) is 6.89. The van der Waals surface area contributed by atoms with Crippen LogP contribution in [0.1, 0.15) is 38.5 Å². The van der Waals surface area contributed by atoms with Crippen molar-refractivity contribution in [3.8, 4) is 0 Å². The molecule has 0 aliphatic heterocycles. The van der Waals surface area contributed by atoms with Crippen molar-refractivity contribution < 1.29 is 9.90 Å². The second kappa shape index (κ2) is 3.64. The molecule has 0 heterocycles. The number of hydrogen-bond acceptors (Lipinski definition) is 1. The second-order valence-corrected chi connectivity index (χ2v) is 7.47. The molecule has 1 amide bonds. The van der Waals surface area contributed by atoms with Gasteiger partial charge in [0.2, 0.25) is 0 Å². The molecule has 100 valence electrons. The SMILES string of the molecule is C1C2CC3C4CC5CC(C14)C(C2)C3C5.NC(=O)O. The molecule has 0 saturated heterocycles. The van der Waals surface area contributed by atoms with Crippen LogP contribution in [-0.2, 0) is 0 Å². The van der Waals surface area contributed by atoms with Gasteiger partial charge < -0.3 is 10.8 Å². The molecule has 8 bridgehead atoms. The van der Waals surface area contributed by atoms with Crippen LogP contribution in [0.25, 0.3) is 0 Å². The van der Waals surface area contributed by atoms with Crippen molar-refractivity contribution in [1.29, 1.82) is 0 Å². The molecule has 18 heavy (non-hydrogen) atoms. The van der Waals surface area contributed by atoms with E-state index in [1.165, 1.54) is 47.3 Å². The Kier molecular flexibility index (Phi) is 2.25. The van der Waals surface area contributed by atoms with Crippen molar-refractivity contribution in [3.63, 3.8) is 0 Å². The van der Waals surface area contributed by atoms with Crippen LogP contribution in [0, 0.1) is 47.3 Å². The van der Waals surface area contributed by atoms with E-state index >= 15 is 0 Å². The number of nitrogens with two attached hydrogens (primary N) is 1. The Bertz CT molecular complexity index is 289. The van der Waals surface area contributed by atoms with Gasteiger partial charge in [0.25, 0.3) is 0 Å². The predicted molar refractivity (Wildman–Crippen MR) is 67.8 cm³/mol. The molecule has 7 fully saturated rings. The normalized spacial score (nSPS) is 57.3. The number of carboxylic acid groups (broad SMARTS) is 1. The Morgan fingerprint density at radius 3 is 1.06 bits per heavy atom. The first-order valence-electron chi connectivity index (χ1n) is 7.62. The minimum Gasteiger partial charge on any atom is -0.465 e. The van der Waals surface area contributed by atoms with Gasteiger partial charge in [-0.1, -0.05) is 0 Å². The quantitative estimate of drug-likeness (QED) is 0.693. The molecule has 0 atom stereocenters. The van der Waals surface area contributed by atoms with Gasteiger partial charge in [0.15, 0.2) is 0 Å². The predicted octanol–water partition coefficient (Wildman–Crippen LogP) is 2.95. The number of carbonyl (C=O) groups is 1. The lowest BCUT2D eigenvalue weighted by Crippen LogP contribution is -2.62.